The van der Waals surface area contributed by atoms with Gasteiger partial charge in [-0.1, -0.05) is 76.4 Å². The van der Waals surface area contributed by atoms with Gasteiger partial charge >= 0.3 is 0 Å². The zero-order valence-corrected chi connectivity index (χ0v) is 54.4. The summed E-state index contributed by atoms with van der Waals surface area (Å²) in [5.74, 6) is -2.17. The van der Waals surface area contributed by atoms with Crippen LogP contribution in [0, 0.1) is 31.1 Å². The maximum Gasteiger partial charge on any atom is 0.268 e. The van der Waals surface area contributed by atoms with Gasteiger partial charge < -0.3 is 65.0 Å². The Morgan fingerprint density at radius 1 is 0.730 bits per heavy atom. The Balaban J connectivity index is 0.628. The zero-order valence-electron chi connectivity index (χ0n) is 52.7. The van der Waals surface area contributed by atoms with Crippen LogP contribution in [0.1, 0.15) is 126 Å². The SMILES string of the molecule is CCN(C(=O)Cn1c(C(=O)N[C@H]2CC[C@H](C(=O)NCCCCCCCC(=O)NCCOCCOCCOCCOCCC(=O)NC(C(=O)N3C[C@@H](O)[C@H](C(=O)NCc4ccc(-c5scnc5C)cc4)C3)C(C)(C)C)CC2)cc2sccc21)c1cccc(C)c1. The lowest BCUT2D eigenvalue weighted by Crippen LogP contribution is -2.54. The van der Waals surface area contributed by atoms with Crippen molar-refractivity contribution >= 4 is 79.9 Å². The molecule has 7 amide bonds. The van der Waals surface area contributed by atoms with Crippen molar-refractivity contribution in [3.8, 4) is 10.4 Å². The molecular formula is C66H93N9O12S2. The summed E-state index contributed by atoms with van der Waals surface area (Å²) in [4.78, 5) is 101. The number of aliphatic hydroxyl groups is 1. The molecule has 1 aliphatic carbocycles. The monoisotopic (exact) mass is 1270 g/mol. The highest BCUT2D eigenvalue weighted by Crippen LogP contribution is 2.31. The van der Waals surface area contributed by atoms with E-state index in [1.165, 1.54) is 4.90 Å². The largest absolute Gasteiger partial charge is 0.390 e. The minimum absolute atomic E-state index is 0.00780. The first-order chi connectivity index (χ1) is 42.9. The average Bonchev–Trinajstić information content (AvgIpc) is 1.84. The van der Waals surface area contributed by atoms with Crippen molar-refractivity contribution in [1.29, 1.82) is 0 Å². The topological polar surface area (TPSA) is 261 Å². The summed E-state index contributed by atoms with van der Waals surface area (Å²) in [5.41, 5.74) is 7.34. The van der Waals surface area contributed by atoms with E-state index in [0.717, 1.165) is 75.3 Å². The number of amides is 7. The van der Waals surface area contributed by atoms with Gasteiger partial charge in [0.2, 0.25) is 35.4 Å². The quantitative estimate of drug-likeness (QED) is 0.0213. The van der Waals surface area contributed by atoms with Gasteiger partial charge in [-0.15, -0.1) is 22.7 Å². The van der Waals surface area contributed by atoms with Crippen LogP contribution in [0.4, 0.5) is 5.69 Å². The number of benzene rings is 2. The van der Waals surface area contributed by atoms with E-state index in [1.54, 1.807) is 27.6 Å². The Labute approximate surface area is 531 Å². The molecule has 21 nitrogen and oxygen atoms in total. The van der Waals surface area contributed by atoms with Crippen molar-refractivity contribution in [1.82, 2.24) is 41.0 Å². The number of nitrogens with zero attached hydrogens (tertiary/aromatic N) is 4. The lowest BCUT2D eigenvalue weighted by molar-refractivity contribution is -0.139. The van der Waals surface area contributed by atoms with Gasteiger partial charge in [-0.3, -0.25) is 33.6 Å². The van der Waals surface area contributed by atoms with Crippen molar-refractivity contribution in [2.75, 3.05) is 90.5 Å². The van der Waals surface area contributed by atoms with Gasteiger partial charge in [0.05, 0.1) is 91.2 Å². The number of fused-ring (bicyclic) bond motifs is 1. The van der Waals surface area contributed by atoms with Gasteiger partial charge in [0.15, 0.2) is 0 Å². The highest BCUT2D eigenvalue weighted by atomic mass is 32.1. The number of anilines is 1. The first-order valence-corrected chi connectivity index (χ1v) is 33.3. The number of unbranched alkanes of at least 4 members (excludes halogenated alkanes) is 4. The number of thiophene rings is 1. The van der Waals surface area contributed by atoms with E-state index in [4.69, 9.17) is 18.9 Å². The molecule has 2 aromatic carbocycles. The number of thiazole rings is 1. The number of ether oxygens (including phenoxy) is 4. The molecule has 486 valence electrons. The van der Waals surface area contributed by atoms with E-state index < -0.39 is 23.5 Å². The van der Waals surface area contributed by atoms with Crippen LogP contribution >= 0.6 is 22.7 Å². The van der Waals surface area contributed by atoms with Crippen LogP contribution in [0.3, 0.4) is 0 Å². The molecular weight excluding hydrogens is 1170 g/mol. The van der Waals surface area contributed by atoms with Gasteiger partial charge in [-0.25, -0.2) is 4.98 Å². The van der Waals surface area contributed by atoms with E-state index in [0.29, 0.717) is 97.1 Å². The fourth-order valence-electron chi connectivity index (χ4n) is 11.2. The maximum atomic E-state index is 13.7. The number of nitrogens with one attached hydrogen (secondary N) is 5. The predicted molar refractivity (Wildman–Crippen MR) is 345 cm³/mol. The van der Waals surface area contributed by atoms with E-state index in [-0.39, 0.29) is 99.1 Å². The second-order valence-electron chi connectivity index (χ2n) is 24.1. The van der Waals surface area contributed by atoms with Crippen LogP contribution < -0.4 is 31.5 Å². The summed E-state index contributed by atoms with van der Waals surface area (Å²) in [6, 6.07) is 18.6. The first-order valence-electron chi connectivity index (χ1n) is 31.5. The number of likely N-dealkylation sites (tertiary alicyclic amines) is 1. The summed E-state index contributed by atoms with van der Waals surface area (Å²) in [6.07, 6.45) is 6.80. The van der Waals surface area contributed by atoms with Crippen molar-refractivity contribution in [2.45, 2.75) is 143 Å². The number of carbonyl (C=O) groups excluding carboxylic acids is 7. The number of carbonyl (C=O) groups is 7. The van der Waals surface area contributed by atoms with E-state index >= 15 is 0 Å². The molecule has 6 N–H and O–H groups in total. The second-order valence-corrected chi connectivity index (χ2v) is 25.9. The Bertz CT molecular complexity index is 3080. The number of hydrogen-bond donors (Lipinski definition) is 6. The molecule has 1 unspecified atom stereocenters. The summed E-state index contributed by atoms with van der Waals surface area (Å²) in [7, 11) is 0. The lowest BCUT2D eigenvalue weighted by Gasteiger charge is -2.33. The summed E-state index contributed by atoms with van der Waals surface area (Å²) in [6.45, 7) is 15.9. The third kappa shape index (κ3) is 21.8. The fourth-order valence-corrected chi connectivity index (χ4v) is 12.8. The highest BCUT2D eigenvalue weighted by Gasteiger charge is 2.43. The molecule has 3 aromatic heterocycles. The smallest absolute Gasteiger partial charge is 0.268 e. The molecule has 3 atom stereocenters. The normalized spacial score (nSPS) is 17.1. The van der Waals surface area contributed by atoms with Gasteiger partial charge in [0, 0.05) is 69.8 Å². The number of aliphatic hydroxyl groups excluding tert-OH is 1. The highest BCUT2D eigenvalue weighted by molar-refractivity contribution is 7.17. The minimum atomic E-state index is -1.04. The molecule has 89 heavy (non-hydrogen) atoms. The van der Waals surface area contributed by atoms with Crippen LogP contribution in [0.25, 0.3) is 20.7 Å². The fraction of sp³-hybridized carbons (Fsp3) is 0.576. The summed E-state index contributed by atoms with van der Waals surface area (Å²) in [5, 5.41) is 27.8. The molecule has 7 rings (SSSR count). The van der Waals surface area contributed by atoms with Gasteiger partial charge in [-0.2, -0.15) is 0 Å². The molecule has 1 saturated heterocycles. The van der Waals surface area contributed by atoms with Gasteiger partial charge in [0.25, 0.3) is 5.91 Å². The third-order valence-corrected chi connectivity index (χ3v) is 18.1. The number of likely N-dealkylation sites (N-methyl/N-ethyl adjacent to an activating group) is 1. The molecule has 5 aromatic rings. The van der Waals surface area contributed by atoms with Crippen LogP contribution in [0.15, 0.2) is 71.6 Å². The number of aromatic nitrogens is 2. The molecule has 23 heteroatoms. The van der Waals surface area contributed by atoms with E-state index in [2.05, 4.69) is 31.6 Å². The van der Waals surface area contributed by atoms with Crippen LogP contribution in [-0.4, -0.2) is 165 Å². The molecule has 0 spiro atoms. The molecule has 1 saturated carbocycles. The van der Waals surface area contributed by atoms with Crippen molar-refractivity contribution in [2.24, 2.45) is 17.3 Å². The third-order valence-electron chi connectivity index (χ3n) is 16.2. The lowest BCUT2D eigenvalue weighted by atomic mass is 9.85. The number of hydrogen-bond acceptors (Lipinski definition) is 15. The Hall–Kier alpha value is -6.60. The molecule has 2 fully saturated rings. The molecule has 4 heterocycles. The standard InChI is InChI=1S/C66H93N9O12S2/c1-7-74(51-15-13-14-45(2)38-51)59(79)43-75-53-26-37-88-56(53)39-54(75)64(82)71-50-23-21-49(22-24-50)62(80)68-27-12-10-8-9-11-16-57(77)67-28-30-85-32-34-87-36-35-86-33-31-84-29-25-58(78)72-61(66(4,5)6)65(83)73-41-52(55(76)42-73)63(81)69-40-47-17-19-48(20-18-47)60-46(3)70-44-89-60/h13-15,17-20,26,37-39,44,49-50,52,55,61,76H,7-12,16,21-25,27-36,40-43H2,1-6H3,(H,67,77)(H,68,80)(H,69,81)(H,71,82)(H,72,78)/t49-,50-,52-,55-,61?/m1/s1. The summed E-state index contributed by atoms with van der Waals surface area (Å²) < 4.78 is 25.1. The van der Waals surface area contributed by atoms with Crippen LogP contribution in [0.5, 0.6) is 0 Å². The Morgan fingerprint density at radius 2 is 1.42 bits per heavy atom. The molecule has 1 aliphatic heterocycles. The number of aryl methyl sites for hydroxylation is 2. The van der Waals surface area contributed by atoms with Crippen LogP contribution in [0.2, 0.25) is 0 Å². The number of rotatable bonds is 36. The maximum absolute atomic E-state index is 13.7. The Morgan fingerprint density at radius 3 is 2.09 bits per heavy atom. The Kier molecular flexibility index (Phi) is 28.0. The number of β-amino-alcohol motifs (C(OH)–C–C–N with tert-alkyl or cyclic N) is 1. The van der Waals surface area contributed by atoms with Crippen LogP contribution in [-0.2, 0) is 60.8 Å². The van der Waals surface area contributed by atoms with E-state index in [1.807, 2.05) is 118 Å². The average molecular weight is 1270 g/mol. The predicted octanol–water partition coefficient (Wildman–Crippen LogP) is 7.48. The first kappa shape index (κ1) is 69.9. The van der Waals surface area contributed by atoms with Gasteiger partial charge in [0.1, 0.15) is 18.3 Å². The molecule has 0 bridgehead atoms. The second kappa shape index (κ2) is 35.7. The van der Waals surface area contributed by atoms with Crippen molar-refractivity contribution in [3.63, 3.8) is 0 Å². The molecule has 2 aliphatic rings. The molecule has 0 radical (unpaired) electrons. The minimum Gasteiger partial charge on any atom is -0.390 e. The van der Waals surface area contributed by atoms with Gasteiger partial charge in [-0.05, 0) is 111 Å². The zero-order chi connectivity index (χ0) is 63.7. The summed E-state index contributed by atoms with van der Waals surface area (Å²) >= 11 is 3.12. The van der Waals surface area contributed by atoms with E-state index in [9.17, 15) is 38.7 Å². The van der Waals surface area contributed by atoms with Crippen molar-refractivity contribution < 1.29 is 57.6 Å². The van der Waals surface area contributed by atoms with Crippen molar-refractivity contribution in [3.05, 3.63) is 94.1 Å².